The van der Waals surface area contributed by atoms with Crippen LogP contribution in [-0.2, 0) is 0 Å². The first kappa shape index (κ1) is 23.6. The van der Waals surface area contributed by atoms with E-state index in [0.717, 1.165) is 0 Å². The van der Waals surface area contributed by atoms with Crippen molar-refractivity contribution in [3.05, 3.63) is 47.6 Å². The summed E-state index contributed by atoms with van der Waals surface area (Å²) in [4.78, 5) is 0. The van der Waals surface area contributed by atoms with Crippen LogP contribution in [0.3, 0.4) is 0 Å². The van der Waals surface area contributed by atoms with E-state index in [-0.39, 0.29) is 23.5 Å². The fourth-order valence-electron chi connectivity index (χ4n) is 4.91. The van der Waals surface area contributed by atoms with E-state index >= 15 is 0 Å². The van der Waals surface area contributed by atoms with Crippen LogP contribution in [0.1, 0.15) is 83.1 Å². The van der Waals surface area contributed by atoms with Crippen LogP contribution in [-0.4, -0.2) is 0 Å². The molecule has 0 N–H and O–H groups in total. The molecule has 2 aliphatic carbocycles. The number of rotatable bonds is 2. The Morgan fingerprint density at radius 3 is 1.07 bits per heavy atom. The average molecular weight is 495 g/mol. The van der Waals surface area contributed by atoms with Gasteiger partial charge >= 0.3 is 192 Å². The van der Waals surface area contributed by atoms with Crippen LogP contribution in [0.15, 0.2) is 47.6 Å². The van der Waals surface area contributed by atoms with E-state index in [9.17, 15) is 0 Å². The maximum absolute atomic E-state index is 2.61. The van der Waals surface area contributed by atoms with Gasteiger partial charge in [0.15, 0.2) is 0 Å². The van der Waals surface area contributed by atoms with Crippen LogP contribution in [0.5, 0.6) is 0 Å². The molecule has 0 fully saturated rings. The fraction of sp³-hybridized carbons (Fsp3) is 0.692. The van der Waals surface area contributed by atoms with Crippen molar-refractivity contribution in [2.75, 3.05) is 0 Å². The molecule has 0 aromatic heterocycles. The second-order valence-electron chi connectivity index (χ2n) is 12.6. The van der Waals surface area contributed by atoms with E-state index in [1.165, 1.54) is 0 Å². The van der Waals surface area contributed by atoms with E-state index in [0.29, 0.717) is 0 Å². The zero-order valence-electron chi connectivity index (χ0n) is 20.0. The molecule has 0 bridgehead atoms. The normalized spacial score (nSPS) is 29.0. The summed E-state index contributed by atoms with van der Waals surface area (Å²) in [6, 6.07) is 0. The van der Waals surface area contributed by atoms with Gasteiger partial charge in [-0.1, -0.05) is 0 Å². The Morgan fingerprint density at radius 1 is 0.556 bits per heavy atom. The Hall–Kier alpha value is 0.337. The van der Waals surface area contributed by atoms with Crippen molar-refractivity contribution in [3.8, 4) is 0 Å². The van der Waals surface area contributed by atoms with Crippen LogP contribution >= 0.6 is 0 Å². The van der Waals surface area contributed by atoms with Crippen LogP contribution in [0, 0.1) is 59.2 Å². The van der Waals surface area contributed by atoms with Crippen molar-refractivity contribution in [2.45, 2.75) is 85.0 Å². The van der Waals surface area contributed by atoms with Crippen molar-refractivity contribution in [3.63, 3.8) is 0 Å². The molecule has 27 heavy (non-hydrogen) atoms. The summed E-state index contributed by atoms with van der Waals surface area (Å²) in [5.74, 6) is 0. The summed E-state index contributed by atoms with van der Waals surface area (Å²) in [6.45, 7) is 29.3. The van der Waals surface area contributed by atoms with Gasteiger partial charge in [0.1, 0.15) is 0 Å². The molecule has 2 rings (SSSR count). The third-order valence-corrected chi connectivity index (χ3v) is 16.4. The van der Waals surface area contributed by atoms with E-state index in [1.54, 1.807) is 11.1 Å². The molecule has 149 valence electrons. The second-order valence-corrected chi connectivity index (χ2v) is 18.4. The van der Waals surface area contributed by atoms with Gasteiger partial charge in [-0.2, -0.15) is 0 Å². The van der Waals surface area contributed by atoms with Crippen molar-refractivity contribution < 1.29 is 37.6 Å². The molecule has 0 saturated carbocycles. The summed E-state index contributed by atoms with van der Waals surface area (Å²) in [5.41, 5.74) is 4.22. The first-order valence-corrected chi connectivity index (χ1v) is 13.6. The topological polar surface area (TPSA) is 0 Å². The summed E-state index contributed by atoms with van der Waals surface area (Å²) in [6.07, 6.45) is 14.9. The van der Waals surface area contributed by atoms with Crippen LogP contribution in [0.4, 0.5) is 0 Å². The van der Waals surface area contributed by atoms with Crippen LogP contribution in [0.2, 0.25) is 1.87 Å². The van der Waals surface area contributed by atoms with Gasteiger partial charge in [0.2, 0.25) is 0 Å². The summed E-state index contributed by atoms with van der Waals surface area (Å²) < 4.78 is 0.495. The van der Waals surface area contributed by atoms with Crippen LogP contribution < -0.4 is 0 Å². The maximum atomic E-state index is 2.61. The predicted octanol–water partition coefficient (Wildman–Crippen LogP) is 8.57. The average Bonchev–Trinajstić information content (AvgIpc) is 3.01. The first-order valence-electron chi connectivity index (χ1n) is 10.5. The Morgan fingerprint density at radius 2 is 0.852 bits per heavy atom. The minimum atomic E-state index is -1.32. The number of hydrogen-bond acceptors (Lipinski definition) is 0. The van der Waals surface area contributed by atoms with Gasteiger partial charge in [0.05, 0.1) is 0 Å². The van der Waals surface area contributed by atoms with Crippen molar-refractivity contribution >= 4 is 0 Å². The standard InChI is InChI=1S/2C13H21.Ce/c2*1-12(2,3)10-8-7-9-11(10)13(4,5)6;/h2*7-9H,1-6H3;/q;;+1. The van der Waals surface area contributed by atoms with Gasteiger partial charge in [-0.3, -0.25) is 0 Å². The molecule has 2 unspecified atom stereocenters. The Balaban J connectivity index is 2.73. The van der Waals surface area contributed by atoms with Gasteiger partial charge in [-0.25, -0.2) is 0 Å². The van der Waals surface area contributed by atoms with Gasteiger partial charge in [0, 0.05) is 0 Å². The van der Waals surface area contributed by atoms with Crippen molar-refractivity contribution in [1.82, 2.24) is 0 Å². The van der Waals surface area contributed by atoms with E-state index in [4.69, 9.17) is 0 Å². The number of allylic oxidation sites excluding steroid dienone is 8. The fourth-order valence-corrected chi connectivity index (χ4v) is 14.1. The molecule has 2 aliphatic rings. The predicted molar refractivity (Wildman–Crippen MR) is 118 cm³/mol. The zero-order chi connectivity index (χ0) is 21.1. The van der Waals surface area contributed by atoms with Gasteiger partial charge in [0.25, 0.3) is 0 Å². The zero-order valence-corrected chi connectivity index (χ0v) is 23.1. The molecule has 0 aromatic carbocycles. The number of hydrogen-bond donors (Lipinski definition) is 0. The Bertz CT molecular complexity index is 639. The van der Waals surface area contributed by atoms with E-state index in [2.05, 4.69) is 120 Å². The molecule has 0 aliphatic heterocycles. The molecule has 0 saturated heterocycles. The molecular weight excluding hydrogens is 452 g/mol. The van der Waals surface area contributed by atoms with Crippen molar-refractivity contribution in [1.29, 1.82) is 0 Å². The van der Waals surface area contributed by atoms with Gasteiger partial charge in [-0.15, -0.1) is 0 Å². The molecule has 0 heterocycles. The summed E-state index contributed by atoms with van der Waals surface area (Å²) >= 11 is -1.32. The quantitative estimate of drug-likeness (QED) is 0.361. The molecule has 0 spiro atoms. The Labute approximate surface area is 190 Å². The monoisotopic (exact) mass is 494 g/mol. The molecule has 0 radical (unpaired) electrons. The molecule has 2 atom stereocenters. The second kappa shape index (κ2) is 6.95. The molecule has 0 nitrogen and oxygen atoms in total. The Kier molecular flexibility index (Phi) is 6.07. The van der Waals surface area contributed by atoms with E-state index < -0.39 is 37.6 Å². The molecule has 0 amide bonds. The first-order chi connectivity index (χ1) is 11.9. The third kappa shape index (κ3) is 4.01. The minimum absolute atomic E-state index is 0.205. The third-order valence-electron chi connectivity index (χ3n) is 6.44. The van der Waals surface area contributed by atoms with Gasteiger partial charge < -0.3 is 0 Å². The molecule has 0 aromatic rings. The van der Waals surface area contributed by atoms with E-state index in [1.807, 2.05) is 0 Å². The molecule has 1 heteroatoms. The summed E-state index contributed by atoms with van der Waals surface area (Å²) in [5, 5.41) is 0. The van der Waals surface area contributed by atoms with Gasteiger partial charge in [-0.05, 0) is 0 Å². The van der Waals surface area contributed by atoms with Crippen molar-refractivity contribution in [2.24, 2.45) is 21.7 Å². The SMILES string of the molecule is CC(C)(C)C1=CC=C[C]1([Ce+][C]1(C(C)(C)C)C=CC=C1C(C)(C)C)C(C)(C)C. The molecular formula is C26H42Ce+. The summed E-state index contributed by atoms with van der Waals surface area (Å²) in [7, 11) is 0. The van der Waals surface area contributed by atoms with Crippen LogP contribution in [0.25, 0.3) is 0 Å².